The van der Waals surface area contributed by atoms with Gasteiger partial charge in [0.05, 0.1) is 11.5 Å². The summed E-state index contributed by atoms with van der Waals surface area (Å²) >= 11 is 5.77. The number of nitro benzene ring substituents is 1. The molecule has 0 fully saturated rings. The van der Waals surface area contributed by atoms with Gasteiger partial charge in [0.2, 0.25) is 0 Å². The van der Waals surface area contributed by atoms with Gasteiger partial charge >= 0.3 is 0 Å². The van der Waals surface area contributed by atoms with Crippen molar-refractivity contribution in [3.63, 3.8) is 0 Å². The van der Waals surface area contributed by atoms with Crippen molar-refractivity contribution >= 4 is 23.5 Å². The number of hydrogen-bond acceptors (Lipinski definition) is 4. The van der Waals surface area contributed by atoms with E-state index in [1.54, 1.807) is 0 Å². The van der Waals surface area contributed by atoms with Crippen LogP contribution in [0.4, 0.5) is 5.69 Å². The molecule has 2 aromatic rings. The highest BCUT2D eigenvalue weighted by atomic mass is 35.5. The lowest BCUT2D eigenvalue weighted by molar-refractivity contribution is -0.398. The number of nitro groups is 1. The summed E-state index contributed by atoms with van der Waals surface area (Å²) in [6.45, 7) is 2.38. The monoisotopic (exact) mass is 303 g/mol. The SMILES string of the molecule is Cc1ccc(CN=Cc2cc(Cl)cc([N+](=O)[O-])c2[O-])cc1. The van der Waals surface area contributed by atoms with Crippen molar-refractivity contribution in [2.45, 2.75) is 13.5 Å². The molecule has 21 heavy (non-hydrogen) atoms. The second-order valence-corrected chi connectivity index (χ2v) is 4.99. The molecule has 108 valence electrons. The third-order valence-electron chi connectivity index (χ3n) is 2.88. The molecule has 0 unspecified atom stereocenters. The molecular weight excluding hydrogens is 292 g/mol. The molecule has 0 atom stereocenters. The van der Waals surface area contributed by atoms with Crippen LogP contribution in [0, 0.1) is 17.0 Å². The maximum atomic E-state index is 11.9. The molecule has 0 aliphatic heterocycles. The normalized spacial score (nSPS) is 11.0. The summed E-state index contributed by atoms with van der Waals surface area (Å²) in [6.07, 6.45) is 1.32. The van der Waals surface area contributed by atoms with Crippen LogP contribution in [0.5, 0.6) is 5.75 Å². The molecule has 0 N–H and O–H groups in total. The number of aliphatic imine (C=N–C) groups is 1. The average Bonchev–Trinajstić information content (AvgIpc) is 2.44. The Hall–Kier alpha value is -2.40. The van der Waals surface area contributed by atoms with E-state index in [1.165, 1.54) is 12.3 Å². The summed E-state index contributed by atoms with van der Waals surface area (Å²) < 4.78 is 0. The molecule has 0 saturated carbocycles. The lowest BCUT2D eigenvalue weighted by atomic mass is 10.1. The van der Waals surface area contributed by atoms with Crippen LogP contribution in [0.15, 0.2) is 41.4 Å². The van der Waals surface area contributed by atoms with Gasteiger partial charge in [-0.25, -0.2) is 0 Å². The van der Waals surface area contributed by atoms with Crippen LogP contribution in [0.1, 0.15) is 16.7 Å². The third-order valence-corrected chi connectivity index (χ3v) is 3.10. The zero-order chi connectivity index (χ0) is 15.4. The van der Waals surface area contributed by atoms with Gasteiger partial charge in [0.1, 0.15) is 0 Å². The Kier molecular flexibility index (Phi) is 4.55. The summed E-state index contributed by atoms with van der Waals surface area (Å²) in [4.78, 5) is 14.1. The predicted octanol–water partition coefficient (Wildman–Crippen LogP) is 3.25. The van der Waals surface area contributed by atoms with Crippen LogP contribution < -0.4 is 5.11 Å². The summed E-state index contributed by atoms with van der Waals surface area (Å²) in [5.74, 6) is -0.683. The standard InChI is InChI=1S/C15H13ClN2O3/c1-10-2-4-11(5-3-10)8-17-9-12-6-13(16)7-14(15(12)19)18(20)21/h2-7,9,19H,8H2,1H3/p-1. The van der Waals surface area contributed by atoms with Gasteiger partial charge in [0.25, 0.3) is 5.69 Å². The quantitative estimate of drug-likeness (QED) is 0.494. The van der Waals surface area contributed by atoms with Crippen molar-refractivity contribution in [1.82, 2.24) is 0 Å². The topological polar surface area (TPSA) is 78.6 Å². The molecule has 2 aromatic carbocycles. The summed E-state index contributed by atoms with van der Waals surface area (Å²) in [6, 6.07) is 10.2. The van der Waals surface area contributed by atoms with E-state index in [4.69, 9.17) is 11.6 Å². The smallest absolute Gasteiger partial charge is 0.263 e. The molecule has 0 aliphatic carbocycles. The Morgan fingerprint density at radius 2 is 1.95 bits per heavy atom. The van der Waals surface area contributed by atoms with Crippen LogP contribution >= 0.6 is 11.6 Å². The fourth-order valence-electron chi connectivity index (χ4n) is 1.77. The Morgan fingerprint density at radius 3 is 2.57 bits per heavy atom. The van der Waals surface area contributed by atoms with Crippen molar-refractivity contribution in [2.75, 3.05) is 0 Å². The van der Waals surface area contributed by atoms with Crippen molar-refractivity contribution in [2.24, 2.45) is 4.99 Å². The molecule has 6 heteroatoms. The highest BCUT2D eigenvalue weighted by Gasteiger charge is 2.11. The van der Waals surface area contributed by atoms with Gasteiger partial charge in [-0.15, -0.1) is 0 Å². The van der Waals surface area contributed by atoms with Crippen molar-refractivity contribution in [1.29, 1.82) is 0 Å². The third kappa shape index (κ3) is 3.79. The van der Waals surface area contributed by atoms with Gasteiger partial charge < -0.3 is 5.11 Å². The lowest BCUT2D eigenvalue weighted by Gasteiger charge is -2.10. The van der Waals surface area contributed by atoms with E-state index >= 15 is 0 Å². The van der Waals surface area contributed by atoms with Gasteiger partial charge in [-0.05, 0) is 29.9 Å². The van der Waals surface area contributed by atoms with E-state index in [1.807, 2.05) is 31.2 Å². The van der Waals surface area contributed by atoms with Gasteiger partial charge in [-0.1, -0.05) is 41.4 Å². The molecule has 2 rings (SSSR count). The largest absolute Gasteiger partial charge is 0.867 e. The first-order valence-electron chi connectivity index (χ1n) is 6.17. The molecule has 0 heterocycles. The summed E-state index contributed by atoms with van der Waals surface area (Å²) in [7, 11) is 0. The van der Waals surface area contributed by atoms with E-state index in [-0.39, 0.29) is 10.6 Å². The van der Waals surface area contributed by atoms with Crippen LogP contribution in [-0.4, -0.2) is 11.1 Å². The minimum absolute atomic E-state index is 0.112. The summed E-state index contributed by atoms with van der Waals surface area (Å²) in [5, 5.41) is 22.8. The van der Waals surface area contributed by atoms with Crippen LogP contribution in [0.25, 0.3) is 0 Å². The van der Waals surface area contributed by atoms with Crippen molar-refractivity contribution < 1.29 is 10.0 Å². The predicted molar refractivity (Wildman–Crippen MR) is 80.0 cm³/mol. The zero-order valence-electron chi connectivity index (χ0n) is 11.2. The van der Waals surface area contributed by atoms with E-state index in [0.717, 1.165) is 17.2 Å². The number of rotatable bonds is 4. The molecule has 5 nitrogen and oxygen atoms in total. The minimum atomic E-state index is -0.745. The van der Waals surface area contributed by atoms with Gasteiger partial charge in [0.15, 0.2) is 0 Å². The first-order chi connectivity index (χ1) is 9.97. The second kappa shape index (κ2) is 6.37. The molecule has 0 saturated heterocycles. The number of aryl methyl sites for hydroxylation is 1. The number of benzene rings is 2. The number of nitrogens with zero attached hydrogens (tertiary/aromatic N) is 2. The van der Waals surface area contributed by atoms with E-state index in [0.29, 0.717) is 6.54 Å². The molecule has 0 aromatic heterocycles. The highest BCUT2D eigenvalue weighted by molar-refractivity contribution is 6.31. The Bertz CT molecular complexity index is 697. The van der Waals surface area contributed by atoms with Gasteiger partial charge in [0, 0.05) is 17.3 Å². The lowest BCUT2D eigenvalue weighted by Crippen LogP contribution is -2.02. The van der Waals surface area contributed by atoms with Crippen molar-refractivity contribution in [3.05, 3.63) is 68.2 Å². The van der Waals surface area contributed by atoms with Crippen LogP contribution in [0.2, 0.25) is 5.02 Å². The fourth-order valence-corrected chi connectivity index (χ4v) is 2.00. The first-order valence-corrected chi connectivity index (χ1v) is 6.55. The molecule has 0 spiro atoms. The van der Waals surface area contributed by atoms with E-state index < -0.39 is 16.4 Å². The molecule has 0 radical (unpaired) electrons. The second-order valence-electron chi connectivity index (χ2n) is 4.56. The maximum Gasteiger partial charge on any atom is 0.263 e. The molecule has 0 aliphatic rings. The Morgan fingerprint density at radius 1 is 1.29 bits per heavy atom. The summed E-state index contributed by atoms with van der Waals surface area (Å²) in [5.41, 5.74) is 1.71. The number of hydrogen-bond donors (Lipinski definition) is 0. The van der Waals surface area contributed by atoms with Crippen LogP contribution in [0.3, 0.4) is 0 Å². The minimum Gasteiger partial charge on any atom is -0.867 e. The average molecular weight is 304 g/mol. The first kappa shape index (κ1) is 15.0. The van der Waals surface area contributed by atoms with E-state index in [2.05, 4.69) is 4.99 Å². The zero-order valence-corrected chi connectivity index (χ0v) is 12.0. The molecule has 0 bridgehead atoms. The van der Waals surface area contributed by atoms with E-state index in [9.17, 15) is 15.2 Å². The highest BCUT2D eigenvalue weighted by Crippen LogP contribution is 2.30. The van der Waals surface area contributed by atoms with Gasteiger partial charge in [-0.2, -0.15) is 0 Å². The maximum absolute atomic E-state index is 11.9. The van der Waals surface area contributed by atoms with Gasteiger partial charge in [-0.3, -0.25) is 15.1 Å². The fraction of sp³-hybridized carbons (Fsp3) is 0.133. The van der Waals surface area contributed by atoms with Crippen molar-refractivity contribution in [3.8, 4) is 5.75 Å². The molecular formula is C15H12ClN2O3-. The Balaban J connectivity index is 2.21. The molecule has 0 amide bonds. The Labute approximate surface area is 126 Å². The number of halogens is 1. The van der Waals surface area contributed by atoms with Crippen LogP contribution in [-0.2, 0) is 6.54 Å².